The van der Waals surface area contributed by atoms with Crippen molar-refractivity contribution >= 4 is 34.6 Å². The Morgan fingerprint density at radius 3 is 2.58 bits per heavy atom. The van der Waals surface area contributed by atoms with Crippen LogP contribution < -0.4 is 10.6 Å². The maximum absolute atomic E-state index is 6.18. The lowest BCUT2D eigenvalue weighted by atomic mass is 10.2. The number of unbranched alkanes of at least 4 members (excludes halogenated alkanes) is 1. The van der Waals surface area contributed by atoms with Crippen molar-refractivity contribution in [1.29, 1.82) is 0 Å². The number of hydrogen-bond acceptors (Lipinski definition) is 4. The van der Waals surface area contributed by atoms with Gasteiger partial charge in [-0.1, -0.05) is 11.6 Å². The highest BCUT2D eigenvalue weighted by atomic mass is 35.5. The number of rotatable bonds is 6. The Labute approximate surface area is 164 Å². The fourth-order valence-electron chi connectivity index (χ4n) is 3.04. The summed E-state index contributed by atoms with van der Waals surface area (Å²) in [7, 11) is 0. The molecule has 1 aliphatic heterocycles. The summed E-state index contributed by atoms with van der Waals surface area (Å²) < 4.78 is 0. The third kappa shape index (κ3) is 5.35. The van der Waals surface area contributed by atoms with Gasteiger partial charge in [0, 0.05) is 54.5 Å². The molecule has 140 valence electrons. The van der Waals surface area contributed by atoms with E-state index in [9.17, 15) is 0 Å². The van der Waals surface area contributed by atoms with Crippen LogP contribution in [0.4, 0.5) is 5.69 Å². The maximum atomic E-state index is 6.18. The Morgan fingerprint density at radius 1 is 1.19 bits per heavy atom. The van der Waals surface area contributed by atoms with Gasteiger partial charge >= 0.3 is 0 Å². The molecule has 0 saturated carbocycles. The fourth-order valence-corrected chi connectivity index (χ4v) is 3.99. The molecule has 5 nitrogen and oxygen atoms in total. The van der Waals surface area contributed by atoms with E-state index in [-0.39, 0.29) is 0 Å². The number of aliphatic imine (C=N–C) groups is 1. The molecule has 0 amide bonds. The number of thiazole rings is 1. The van der Waals surface area contributed by atoms with Crippen molar-refractivity contribution in [2.75, 3.05) is 37.6 Å². The molecule has 3 rings (SSSR count). The Hall–Kier alpha value is -1.79. The van der Waals surface area contributed by atoms with Gasteiger partial charge in [-0.3, -0.25) is 4.99 Å². The molecule has 1 aliphatic rings. The molecular formula is C19H26ClN5S. The SMILES string of the molecule is Cc1csc(CCCCN=C(N)N2CCN(c3ccc(Cl)cc3)CC2)n1. The molecule has 2 aromatic rings. The second-order valence-electron chi connectivity index (χ2n) is 6.53. The van der Waals surface area contributed by atoms with Crippen molar-refractivity contribution in [2.45, 2.75) is 26.2 Å². The molecule has 1 fully saturated rings. The quantitative estimate of drug-likeness (QED) is 0.464. The lowest BCUT2D eigenvalue weighted by Gasteiger charge is -2.36. The molecule has 26 heavy (non-hydrogen) atoms. The number of nitrogens with zero attached hydrogens (tertiary/aromatic N) is 4. The van der Waals surface area contributed by atoms with E-state index in [2.05, 4.69) is 37.3 Å². The average Bonchev–Trinajstić information content (AvgIpc) is 3.07. The van der Waals surface area contributed by atoms with Crippen LogP contribution in [-0.4, -0.2) is 48.6 Å². The number of guanidine groups is 1. The summed E-state index contributed by atoms with van der Waals surface area (Å²) in [6, 6.07) is 8.01. The first-order valence-electron chi connectivity index (χ1n) is 9.08. The van der Waals surface area contributed by atoms with Crippen LogP contribution in [0, 0.1) is 6.92 Å². The molecule has 0 aliphatic carbocycles. The van der Waals surface area contributed by atoms with Gasteiger partial charge in [-0.05, 0) is 50.5 Å². The number of benzene rings is 1. The van der Waals surface area contributed by atoms with Crippen LogP contribution in [0.25, 0.3) is 0 Å². The van der Waals surface area contributed by atoms with Crippen molar-refractivity contribution in [1.82, 2.24) is 9.88 Å². The van der Waals surface area contributed by atoms with E-state index in [1.54, 1.807) is 11.3 Å². The number of anilines is 1. The first-order valence-corrected chi connectivity index (χ1v) is 10.3. The van der Waals surface area contributed by atoms with E-state index in [1.807, 2.05) is 19.1 Å². The summed E-state index contributed by atoms with van der Waals surface area (Å²) in [6.45, 7) is 6.51. The van der Waals surface area contributed by atoms with Gasteiger partial charge in [0.2, 0.25) is 0 Å². The van der Waals surface area contributed by atoms with Gasteiger partial charge in [-0.15, -0.1) is 11.3 Å². The second-order valence-corrected chi connectivity index (χ2v) is 7.91. The molecule has 1 saturated heterocycles. The van der Waals surface area contributed by atoms with Crippen LogP contribution in [0.5, 0.6) is 0 Å². The highest BCUT2D eigenvalue weighted by molar-refractivity contribution is 7.09. The second kappa shape index (κ2) is 9.24. The van der Waals surface area contributed by atoms with Crippen molar-refractivity contribution in [3.05, 3.63) is 45.4 Å². The predicted molar refractivity (Wildman–Crippen MR) is 112 cm³/mol. The summed E-state index contributed by atoms with van der Waals surface area (Å²) in [5, 5.41) is 4.10. The highest BCUT2D eigenvalue weighted by Crippen LogP contribution is 2.19. The molecule has 2 heterocycles. The summed E-state index contributed by atoms with van der Waals surface area (Å²) >= 11 is 7.70. The lowest BCUT2D eigenvalue weighted by molar-refractivity contribution is 0.380. The molecule has 2 N–H and O–H groups in total. The minimum absolute atomic E-state index is 0.672. The normalized spacial score (nSPS) is 15.5. The Kier molecular flexibility index (Phi) is 6.74. The van der Waals surface area contributed by atoms with E-state index < -0.39 is 0 Å². The minimum atomic E-state index is 0.672. The smallest absolute Gasteiger partial charge is 0.191 e. The van der Waals surface area contributed by atoms with E-state index in [0.29, 0.717) is 5.96 Å². The molecule has 1 aromatic carbocycles. The third-order valence-electron chi connectivity index (χ3n) is 4.53. The zero-order valence-electron chi connectivity index (χ0n) is 15.2. The summed E-state index contributed by atoms with van der Waals surface area (Å²) in [5.74, 6) is 0.672. The van der Waals surface area contributed by atoms with Crippen molar-refractivity contribution in [3.63, 3.8) is 0 Å². The van der Waals surface area contributed by atoms with Gasteiger partial charge in [0.1, 0.15) is 0 Å². The van der Waals surface area contributed by atoms with Crippen LogP contribution in [0.15, 0.2) is 34.6 Å². The Bertz CT molecular complexity index is 720. The van der Waals surface area contributed by atoms with Gasteiger partial charge in [0.25, 0.3) is 0 Å². The first kappa shape index (κ1) is 19.0. The van der Waals surface area contributed by atoms with Gasteiger partial charge in [-0.25, -0.2) is 4.98 Å². The van der Waals surface area contributed by atoms with Gasteiger partial charge < -0.3 is 15.5 Å². The summed E-state index contributed by atoms with van der Waals surface area (Å²) in [5.41, 5.74) is 8.50. The molecule has 0 bridgehead atoms. The number of aromatic nitrogens is 1. The largest absolute Gasteiger partial charge is 0.370 e. The lowest BCUT2D eigenvalue weighted by Crippen LogP contribution is -2.51. The molecule has 1 aromatic heterocycles. The monoisotopic (exact) mass is 391 g/mol. The van der Waals surface area contributed by atoms with Crippen LogP contribution in [-0.2, 0) is 6.42 Å². The van der Waals surface area contributed by atoms with Crippen LogP contribution >= 0.6 is 22.9 Å². The average molecular weight is 392 g/mol. The van der Waals surface area contributed by atoms with Crippen LogP contribution in [0.1, 0.15) is 23.5 Å². The molecule has 0 unspecified atom stereocenters. The van der Waals surface area contributed by atoms with Crippen molar-refractivity contribution < 1.29 is 0 Å². The molecule has 0 radical (unpaired) electrons. The maximum Gasteiger partial charge on any atom is 0.191 e. The Balaban J connectivity index is 1.38. The number of halogens is 1. The molecular weight excluding hydrogens is 366 g/mol. The molecule has 7 heteroatoms. The van der Waals surface area contributed by atoms with Gasteiger partial charge in [0.15, 0.2) is 5.96 Å². The summed E-state index contributed by atoms with van der Waals surface area (Å²) in [4.78, 5) is 13.6. The van der Waals surface area contributed by atoms with E-state index in [0.717, 1.165) is 62.7 Å². The Morgan fingerprint density at radius 2 is 1.92 bits per heavy atom. The zero-order valence-corrected chi connectivity index (χ0v) is 16.8. The number of piperazine rings is 1. The molecule has 0 atom stereocenters. The van der Waals surface area contributed by atoms with Crippen molar-refractivity contribution in [2.24, 2.45) is 10.7 Å². The number of aryl methyl sites for hydroxylation is 2. The van der Waals surface area contributed by atoms with E-state index in [1.165, 1.54) is 10.7 Å². The van der Waals surface area contributed by atoms with E-state index >= 15 is 0 Å². The number of nitrogens with two attached hydrogens (primary N) is 1. The highest BCUT2D eigenvalue weighted by Gasteiger charge is 2.18. The predicted octanol–water partition coefficient (Wildman–Crippen LogP) is 3.56. The summed E-state index contributed by atoms with van der Waals surface area (Å²) in [6.07, 6.45) is 3.19. The third-order valence-corrected chi connectivity index (χ3v) is 5.81. The van der Waals surface area contributed by atoms with Gasteiger partial charge in [0.05, 0.1) is 5.01 Å². The fraction of sp³-hybridized carbons (Fsp3) is 0.474. The minimum Gasteiger partial charge on any atom is -0.370 e. The van der Waals surface area contributed by atoms with Crippen molar-refractivity contribution in [3.8, 4) is 0 Å². The van der Waals surface area contributed by atoms with Gasteiger partial charge in [-0.2, -0.15) is 0 Å². The standard InChI is InChI=1S/C19H26ClN5S/c1-15-14-26-18(23-15)4-2-3-9-22-19(21)25-12-10-24(11-13-25)17-7-5-16(20)6-8-17/h5-8,14H,2-4,9-13H2,1H3,(H2,21,22). The zero-order chi connectivity index (χ0) is 18.4. The first-order chi connectivity index (χ1) is 12.6. The molecule has 0 spiro atoms. The van der Waals surface area contributed by atoms with Crippen LogP contribution in [0.2, 0.25) is 5.02 Å². The number of hydrogen-bond donors (Lipinski definition) is 1. The topological polar surface area (TPSA) is 57.8 Å². The van der Waals surface area contributed by atoms with Crippen LogP contribution in [0.3, 0.4) is 0 Å². The van der Waals surface area contributed by atoms with E-state index in [4.69, 9.17) is 17.3 Å².